The minimum absolute atomic E-state index is 0. The van der Waals surface area contributed by atoms with Gasteiger partial charge in [0.1, 0.15) is 5.75 Å². The van der Waals surface area contributed by atoms with Crippen LogP contribution in [0.2, 0.25) is 0 Å². The molecule has 38 heavy (non-hydrogen) atoms. The molecule has 0 atom stereocenters. The number of carbonyl (C=O) groups excluding carboxylic acids is 1. The zero-order valence-corrected chi connectivity index (χ0v) is 26.5. The van der Waals surface area contributed by atoms with E-state index in [1.165, 1.54) is 56.2 Å². The Morgan fingerprint density at radius 2 is 1.71 bits per heavy atom. The molecule has 0 unspecified atom stereocenters. The molecule has 0 aromatic heterocycles. The van der Waals surface area contributed by atoms with E-state index in [-0.39, 0.29) is 28.3 Å². The molecule has 210 valence electrons. The lowest BCUT2D eigenvalue weighted by molar-refractivity contribution is 0.102. The van der Waals surface area contributed by atoms with Gasteiger partial charge in [-0.2, -0.15) is 0 Å². The Hall–Kier alpha value is -1.92. The number of carbonyl (C=O) groups is 1. The van der Waals surface area contributed by atoms with E-state index in [4.69, 9.17) is 4.74 Å². The highest BCUT2D eigenvalue weighted by molar-refractivity contribution is 8.93. The van der Waals surface area contributed by atoms with Gasteiger partial charge in [-0.25, -0.2) is 0 Å². The second-order valence-corrected chi connectivity index (χ2v) is 12.0. The smallest absolute Gasteiger partial charge is 0.255 e. The first kappa shape index (κ1) is 32.3. The molecule has 0 aliphatic carbocycles. The SMILES string of the molecule is Br.CCCCCCCCCCOc1ccc(C(=O)Nc2cccc(CN3CSC=C3C)c2)cc1C(C)(C)C. The molecular weight excluding hydrogens is 556 g/mol. The van der Waals surface area contributed by atoms with E-state index in [0.717, 1.165) is 42.4 Å². The maximum absolute atomic E-state index is 13.2. The van der Waals surface area contributed by atoms with Crippen molar-refractivity contribution in [3.8, 4) is 5.75 Å². The lowest BCUT2D eigenvalue weighted by atomic mass is 9.85. The molecule has 6 heteroatoms. The predicted octanol–water partition coefficient (Wildman–Crippen LogP) is 9.70. The number of rotatable bonds is 14. The first-order chi connectivity index (χ1) is 17.8. The number of unbranched alkanes of at least 4 members (excludes halogenated alkanes) is 7. The highest BCUT2D eigenvalue weighted by Gasteiger charge is 2.21. The van der Waals surface area contributed by atoms with Gasteiger partial charge in [0.05, 0.1) is 12.5 Å². The summed E-state index contributed by atoms with van der Waals surface area (Å²) in [5.74, 6) is 1.77. The van der Waals surface area contributed by atoms with E-state index in [0.29, 0.717) is 5.56 Å². The Labute approximate surface area is 245 Å². The number of allylic oxidation sites excluding steroid dienone is 1. The molecule has 3 rings (SSSR count). The number of halogens is 1. The maximum atomic E-state index is 13.2. The van der Waals surface area contributed by atoms with Crippen molar-refractivity contribution in [3.05, 3.63) is 70.3 Å². The minimum atomic E-state index is -0.121. The molecule has 4 nitrogen and oxygen atoms in total. The van der Waals surface area contributed by atoms with Crippen LogP contribution in [0.25, 0.3) is 0 Å². The Kier molecular flexibility index (Phi) is 13.8. The maximum Gasteiger partial charge on any atom is 0.255 e. The fourth-order valence-corrected chi connectivity index (χ4v) is 5.51. The number of ether oxygens (including phenoxy) is 1. The summed E-state index contributed by atoms with van der Waals surface area (Å²) in [5.41, 5.74) is 4.91. The Balaban J connectivity index is 0.00000507. The number of amides is 1. The summed E-state index contributed by atoms with van der Waals surface area (Å²) in [7, 11) is 0. The van der Waals surface area contributed by atoms with Crippen molar-refractivity contribution in [3.63, 3.8) is 0 Å². The van der Waals surface area contributed by atoms with E-state index in [1.807, 2.05) is 42.1 Å². The quantitative estimate of drug-likeness (QED) is 0.218. The molecule has 0 radical (unpaired) electrons. The Morgan fingerprint density at radius 1 is 1.00 bits per heavy atom. The first-order valence-electron chi connectivity index (χ1n) is 14.0. The van der Waals surface area contributed by atoms with Gasteiger partial charge < -0.3 is 15.0 Å². The van der Waals surface area contributed by atoms with Crippen LogP contribution in [0.3, 0.4) is 0 Å². The van der Waals surface area contributed by atoms with Crippen molar-refractivity contribution in [2.24, 2.45) is 0 Å². The summed E-state index contributed by atoms with van der Waals surface area (Å²) in [6.07, 6.45) is 10.3. The van der Waals surface area contributed by atoms with E-state index in [2.05, 4.69) is 62.4 Å². The zero-order chi connectivity index (χ0) is 26.7. The first-order valence-corrected chi connectivity index (χ1v) is 15.0. The van der Waals surface area contributed by atoms with Crippen molar-refractivity contribution in [2.75, 3.05) is 17.8 Å². The van der Waals surface area contributed by atoms with Crippen LogP contribution >= 0.6 is 28.7 Å². The van der Waals surface area contributed by atoms with Gasteiger partial charge in [0.25, 0.3) is 5.91 Å². The highest BCUT2D eigenvalue weighted by Crippen LogP contribution is 2.33. The van der Waals surface area contributed by atoms with Gasteiger partial charge in [-0.05, 0) is 60.1 Å². The number of anilines is 1. The van der Waals surface area contributed by atoms with Crippen LogP contribution in [-0.4, -0.2) is 23.3 Å². The van der Waals surface area contributed by atoms with E-state index in [1.54, 1.807) is 0 Å². The predicted molar refractivity (Wildman–Crippen MR) is 170 cm³/mol. The minimum Gasteiger partial charge on any atom is -0.493 e. The number of thioether (sulfide) groups is 1. The van der Waals surface area contributed by atoms with Crippen molar-refractivity contribution >= 4 is 40.3 Å². The van der Waals surface area contributed by atoms with E-state index in [9.17, 15) is 4.79 Å². The summed E-state index contributed by atoms with van der Waals surface area (Å²) in [6.45, 7) is 12.5. The number of nitrogens with one attached hydrogen (secondary N) is 1. The lowest BCUT2D eigenvalue weighted by Gasteiger charge is -2.24. The average Bonchev–Trinajstić information content (AvgIpc) is 3.26. The monoisotopic (exact) mass is 602 g/mol. The van der Waals surface area contributed by atoms with Crippen LogP contribution in [0.1, 0.15) is 107 Å². The third kappa shape index (κ3) is 10.3. The van der Waals surface area contributed by atoms with Crippen molar-refractivity contribution in [1.82, 2.24) is 4.90 Å². The number of benzene rings is 2. The van der Waals surface area contributed by atoms with Gasteiger partial charge in [0.15, 0.2) is 0 Å². The summed E-state index contributed by atoms with van der Waals surface area (Å²) < 4.78 is 6.21. The number of nitrogens with zero attached hydrogens (tertiary/aromatic N) is 1. The number of hydrogen-bond acceptors (Lipinski definition) is 4. The highest BCUT2D eigenvalue weighted by atomic mass is 79.9. The van der Waals surface area contributed by atoms with Gasteiger partial charge in [-0.1, -0.05) is 84.8 Å². The van der Waals surface area contributed by atoms with Crippen LogP contribution in [0.15, 0.2) is 53.6 Å². The van der Waals surface area contributed by atoms with E-state index < -0.39 is 0 Å². The van der Waals surface area contributed by atoms with Crippen molar-refractivity contribution in [2.45, 2.75) is 97.9 Å². The molecule has 1 aliphatic rings. The summed E-state index contributed by atoms with van der Waals surface area (Å²) in [5, 5.41) is 5.30. The molecule has 0 spiro atoms. The second-order valence-electron chi connectivity index (χ2n) is 11.2. The molecule has 2 aromatic rings. The zero-order valence-electron chi connectivity index (χ0n) is 24.0. The number of hydrogen-bond donors (Lipinski definition) is 1. The topological polar surface area (TPSA) is 41.6 Å². The van der Waals surface area contributed by atoms with Crippen LogP contribution in [0.5, 0.6) is 5.75 Å². The summed E-state index contributed by atoms with van der Waals surface area (Å²) in [4.78, 5) is 15.5. The summed E-state index contributed by atoms with van der Waals surface area (Å²) in [6, 6.07) is 14.0. The molecular formula is C32H47BrN2O2S. The molecule has 2 aromatic carbocycles. The molecule has 1 N–H and O–H groups in total. The molecule has 0 saturated heterocycles. The van der Waals surface area contributed by atoms with Crippen LogP contribution in [-0.2, 0) is 12.0 Å². The third-order valence-corrected chi connectivity index (χ3v) is 7.82. The molecule has 0 fully saturated rings. The Bertz CT molecular complexity index is 1050. The van der Waals surface area contributed by atoms with E-state index >= 15 is 0 Å². The van der Waals surface area contributed by atoms with Crippen LogP contribution < -0.4 is 10.1 Å². The molecule has 1 heterocycles. The third-order valence-electron chi connectivity index (χ3n) is 6.85. The molecule has 0 bridgehead atoms. The fraction of sp³-hybridized carbons (Fsp3) is 0.531. The van der Waals surface area contributed by atoms with Gasteiger partial charge >= 0.3 is 0 Å². The van der Waals surface area contributed by atoms with Crippen LogP contribution in [0.4, 0.5) is 5.69 Å². The standard InChI is InChI=1S/C32H46N2O2S.BrH/c1-6-7-8-9-10-11-12-13-19-36-30-18-17-27(21-29(30)32(3,4)5)31(35)33-28-16-14-15-26(20-28)22-34-24-37-23-25(34)2;/h14-18,20-21,23H,6-13,19,22,24H2,1-5H3,(H,33,35);1H. The summed E-state index contributed by atoms with van der Waals surface area (Å²) >= 11 is 1.82. The Morgan fingerprint density at radius 3 is 2.37 bits per heavy atom. The van der Waals surface area contributed by atoms with Gasteiger partial charge in [0.2, 0.25) is 0 Å². The van der Waals surface area contributed by atoms with Gasteiger partial charge in [-0.3, -0.25) is 4.79 Å². The second kappa shape index (κ2) is 16.2. The lowest BCUT2D eigenvalue weighted by Crippen LogP contribution is -2.18. The molecule has 0 saturated carbocycles. The molecule has 1 aliphatic heterocycles. The normalized spacial score (nSPS) is 13.2. The van der Waals surface area contributed by atoms with Gasteiger partial charge in [0, 0.05) is 29.1 Å². The fourth-order valence-electron chi connectivity index (χ4n) is 4.57. The van der Waals surface area contributed by atoms with Gasteiger partial charge in [-0.15, -0.1) is 28.7 Å². The average molecular weight is 604 g/mol. The molecule has 1 amide bonds. The van der Waals surface area contributed by atoms with Crippen molar-refractivity contribution in [1.29, 1.82) is 0 Å². The largest absolute Gasteiger partial charge is 0.493 e. The van der Waals surface area contributed by atoms with Crippen molar-refractivity contribution < 1.29 is 9.53 Å². The van der Waals surface area contributed by atoms with Crippen LogP contribution in [0, 0.1) is 0 Å².